The van der Waals surface area contributed by atoms with Gasteiger partial charge in [-0.2, -0.15) is 0 Å². The van der Waals surface area contributed by atoms with E-state index in [1.54, 1.807) is 12.1 Å². The Bertz CT molecular complexity index is 939. The third-order valence-corrected chi connectivity index (χ3v) is 4.81. The van der Waals surface area contributed by atoms with Crippen LogP contribution in [0.15, 0.2) is 54.6 Å². The zero-order valence-electron chi connectivity index (χ0n) is 16.7. The highest BCUT2D eigenvalue weighted by Crippen LogP contribution is 2.32. The van der Waals surface area contributed by atoms with Gasteiger partial charge >= 0.3 is 0 Å². The molecule has 0 aliphatic rings. The van der Waals surface area contributed by atoms with E-state index >= 15 is 0 Å². The molecule has 0 spiro atoms. The Balaban J connectivity index is 1.78. The van der Waals surface area contributed by atoms with E-state index in [0.29, 0.717) is 18.1 Å². The standard InChI is InChI=1S/C23H24ClNO4/c1-15-11-18(28-13-17-7-5-4-6-8-17)12-16(2)21(15)22(26)19-9-10-20(23(24)25-19)29-14-27-3/h4-12,22,26H,13-14H2,1-3H3. The van der Waals surface area contributed by atoms with Crippen LogP contribution >= 0.6 is 11.6 Å². The van der Waals surface area contributed by atoms with Crippen molar-refractivity contribution >= 4 is 11.6 Å². The van der Waals surface area contributed by atoms with Gasteiger partial charge < -0.3 is 19.3 Å². The van der Waals surface area contributed by atoms with Gasteiger partial charge in [0.2, 0.25) is 0 Å². The summed E-state index contributed by atoms with van der Waals surface area (Å²) >= 11 is 6.18. The Labute approximate surface area is 175 Å². The number of ether oxygens (including phenoxy) is 3. The van der Waals surface area contributed by atoms with Crippen LogP contribution in [0.25, 0.3) is 0 Å². The lowest BCUT2D eigenvalue weighted by Crippen LogP contribution is -2.08. The van der Waals surface area contributed by atoms with Crippen molar-refractivity contribution in [2.24, 2.45) is 0 Å². The summed E-state index contributed by atoms with van der Waals surface area (Å²) in [6, 6.07) is 17.2. The SMILES string of the molecule is COCOc1ccc(C(O)c2c(C)cc(OCc3ccccc3)cc2C)nc1Cl. The quantitative estimate of drug-likeness (QED) is 0.416. The molecule has 0 radical (unpaired) electrons. The first kappa shape index (κ1) is 21.1. The third kappa shape index (κ3) is 5.26. The fraction of sp³-hybridized carbons (Fsp3) is 0.261. The molecule has 0 fully saturated rings. The van der Waals surface area contributed by atoms with E-state index in [-0.39, 0.29) is 11.9 Å². The van der Waals surface area contributed by atoms with Crippen molar-refractivity contribution in [2.75, 3.05) is 13.9 Å². The molecule has 0 amide bonds. The van der Waals surface area contributed by atoms with Crippen LogP contribution < -0.4 is 9.47 Å². The van der Waals surface area contributed by atoms with E-state index in [4.69, 9.17) is 25.8 Å². The number of halogens is 1. The van der Waals surface area contributed by atoms with Crippen LogP contribution in [0, 0.1) is 13.8 Å². The first-order valence-corrected chi connectivity index (χ1v) is 9.61. The Kier molecular flexibility index (Phi) is 7.09. The van der Waals surface area contributed by atoms with Crippen molar-refractivity contribution in [1.29, 1.82) is 0 Å². The number of pyridine rings is 1. The highest BCUT2D eigenvalue weighted by Gasteiger charge is 2.19. The summed E-state index contributed by atoms with van der Waals surface area (Å²) in [5.41, 5.74) is 4.16. The normalized spacial score (nSPS) is 11.9. The molecule has 0 saturated carbocycles. The van der Waals surface area contributed by atoms with Crippen molar-refractivity contribution < 1.29 is 19.3 Å². The molecule has 3 aromatic rings. The molecule has 6 heteroatoms. The minimum Gasteiger partial charge on any atom is -0.489 e. The first-order valence-electron chi connectivity index (χ1n) is 9.23. The minimum absolute atomic E-state index is 0.0754. The zero-order valence-corrected chi connectivity index (χ0v) is 17.4. The molecule has 0 saturated heterocycles. The molecular formula is C23H24ClNO4. The van der Waals surface area contributed by atoms with Gasteiger partial charge in [-0.25, -0.2) is 4.98 Å². The van der Waals surface area contributed by atoms with Gasteiger partial charge in [-0.3, -0.25) is 0 Å². The van der Waals surface area contributed by atoms with Crippen molar-refractivity contribution in [2.45, 2.75) is 26.6 Å². The summed E-state index contributed by atoms with van der Waals surface area (Å²) in [7, 11) is 1.53. The maximum Gasteiger partial charge on any atom is 0.188 e. The zero-order chi connectivity index (χ0) is 20.8. The van der Waals surface area contributed by atoms with E-state index in [1.807, 2.05) is 56.3 Å². The van der Waals surface area contributed by atoms with Crippen molar-refractivity contribution in [3.8, 4) is 11.5 Å². The Morgan fingerprint density at radius 2 is 1.69 bits per heavy atom. The lowest BCUT2D eigenvalue weighted by Gasteiger charge is -2.19. The molecule has 0 aliphatic carbocycles. The molecule has 2 aromatic carbocycles. The van der Waals surface area contributed by atoms with E-state index in [0.717, 1.165) is 28.0 Å². The van der Waals surface area contributed by atoms with Crippen LogP contribution in [-0.2, 0) is 11.3 Å². The largest absolute Gasteiger partial charge is 0.489 e. The van der Waals surface area contributed by atoms with Crippen molar-refractivity contribution in [3.05, 3.63) is 87.7 Å². The van der Waals surface area contributed by atoms with E-state index < -0.39 is 6.10 Å². The average Bonchev–Trinajstić information content (AvgIpc) is 2.71. The fourth-order valence-corrected chi connectivity index (χ4v) is 3.37. The highest BCUT2D eigenvalue weighted by molar-refractivity contribution is 6.30. The number of hydrogen-bond acceptors (Lipinski definition) is 5. The van der Waals surface area contributed by atoms with E-state index in [1.165, 1.54) is 7.11 Å². The molecular weight excluding hydrogens is 390 g/mol. The summed E-state index contributed by atoms with van der Waals surface area (Å²) in [5.74, 6) is 1.16. The predicted octanol–water partition coefficient (Wildman–Crippen LogP) is 5.00. The molecule has 0 bridgehead atoms. The number of methoxy groups -OCH3 is 1. The number of aliphatic hydroxyl groups excluding tert-OH is 1. The van der Waals surface area contributed by atoms with Crippen molar-refractivity contribution in [1.82, 2.24) is 4.98 Å². The van der Waals surface area contributed by atoms with Crippen LogP contribution in [0.2, 0.25) is 5.15 Å². The second-order valence-electron chi connectivity index (χ2n) is 6.72. The molecule has 0 aliphatic heterocycles. The van der Waals surface area contributed by atoms with Gasteiger partial charge in [-0.1, -0.05) is 41.9 Å². The second kappa shape index (κ2) is 9.74. The summed E-state index contributed by atoms with van der Waals surface area (Å²) < 4.78 is 16.1. The maximum atomic E-state index is 10.9. The van der Waals surface area contributed by atoms with Gasteiger partial charge in [-0.15, -0.1) is 0 Å². The third-order valence-electron chi connectivity index (χ3n) is 4.54. The van der Waals surface area contributed by atoms with Gasteiger partial charge in [0.15, 0.2) is 17.7 Å². The molecule has 1 N–H and O–H groups in total. The smallest absolute Gasteiger partial charge is 0.188 e. The topological polar surface area (TPSA) is 60.8 Å². The second-order valence-corrected chi connectivity index (χ2v) is 7.08. The predicted molar refractivity (Wildman–Crippen MR) is 113 cm³/mol. The molecule has 1 heterocycles. The van der Waals surface area contributed by atoms with Crippen LogP contribution in [0.5, 0.6) is 11.5 Å². The Morgan fingerprint density at radius 3 is 2.31 bits per heavy atom. The maximum absolute atomic E-state index is 10.9. The number of hydrogen-bond donors (Lipinski definition) is 1. The number of aliphatic hydroxyl groups is 1. The number of aromatic nitrogens is 1. The van der Waals surface area contributed by atoms with Gasteiger partial charge in [0.05, 0.1) is 5.69 Å². The molecule has 1 aromatic heterocycles. The Hall–Kier alpha value is -2.60. The van der Waals surface area contributed by atoms with Gasteiger partial charge in [0.1, 0.15) is 18.5 Å². The van der Waals surface area contributed by atoms with Crippen LogP contribution in [-0.4, -0.2) is 24.0 Å². The highest BCUT2D eigenvalue weighted by atomic mass is 35.5. The monoisotopic (exact) mass is 413 g/mol. The van der Waals surface area contributed by atoms with Crippen LogP contribution in [0.3, 0.4) is 0 Å². The van der Waals surface area contributed by atoms with Crippen molar-refractivity contribution in [3.63, 3.8) is 0 Å². The summed E-state index contributed by atoms with van der Waals surface area (Å²) in [4.78, 5) is 4.29. The number of nitrogens with zero attached hydrogens (tertiary/aromatic N) is 1. The lowest BCUT2D eigenvalue weighted by molar-refractivity contribution is 0.0508. The lowest BCUT2D eigenvalue weighted by atomic mass is 9.95. The molecule has 3 rings (SSSR count). The van der Waals surface area contributed by atoms with E-state index in [9.17, 15) is 5.11 Å². The molecule has 1 atom stereocenters. The average molecular weight is 414 g/mol. The van der Waals surface area contributed by atoms with Gasteiger partial charge in [0, 0.05) is 7.11 Å². The minimum atomic E-state index is -0.910. The number of aryl methyl sites for hydroxylation is 2. The summed E-state index contributed by atoms with van der Waals surface area (Å²) in [6.07, 6.45) is -0.910. The van der Waals surface area contributed by atoms with Crippen LogP contribution in [0.1, 0.15) is 34.1 Å². The molecule has 1 unspecified atom stereocenters. The molecule has 29 heavy (non-hydrogen) atoms. The van der Waals surface area contributed by atoms with Crippen LogP contribution in [0.4, 0.5) is 0 Å². The summed E-state index contributed by atoms with van der Waals surface area (Å²) in [5, 5.41) is 11.1. The van der Waals surface area contributed by atoms with Gasteiger partial charge in [-0.05, 0) is 60.4 Å². The van der Waals surface area contributed by atoms with E-state index in [2.05, 4.69) is 4.98 Å². The number of rotatable bonds is 8. The first-order chi connectivity index (χ1) is 14.0. The number of benzene rings is 2. The molecule has 5 nitrogen and oxygen atoms in total. The fourth-order valence-electron chi connectivity index (χ4n) is 3.16. The van der Waals surface area contributed by atoms with Gasteiger partial charge in [0.25, 0.3) is 0 Å². The Morgan fingerprint density at radius 1 is 1.00 bits per heavy atom. The molecule has 152 valence electrons. The summed E-state index contributed by atoms with van der Waals surface area (Å²) in [6.45, 7) is 4.45.